The molecular weight excluding hydrogens is 357 g/mol. The average Bonchev–Trinajstić information content (AvgIpc) is 2.62. The molecule has 4 nitrogen and oxygen atoms in total. The lowest BCUT2D eigenvalue weighted by molar-refractivity contribution is -0.137. The summed E-state index contributed by atoms with van der Waals surface area (Å²) in [6, 6.07) is 13.7. The zero-order valence-electron chi connectivity index (χ0n) is 15.1. The zero-order valence-corrected chi connectivity index (χ0v) is 15.1. The SMILES string of the molecule is CC(=O)N(CCC(=O)NC(C)c1ccccc1)c1cccc(C(F)(F)F)c1. The van der Waals surface area contributed by atoms with E-state index < -0.39 is 17.6 Å². The normalized spacial score (nSPS) is 12.3. The van der Waals surface area contributed by atoms with Crippen LogP contribution in [0.5, 0.6) is 0 Å². The van der Waals surface area contributed by atoms with Crippen molar-refractivity contribution in [3.05, 3.63) is 65.7 Å². The van der Waals surface area contributed by atoms with Crippen LogP contribution in [0.15, 0.2) is 54.6 Å². The molecule has 144 valence electrons. The van der Waals surface area contributed by atoms with Crippen LogP contribution < -0.4 is 10.2 Å². The summed E-state index contributed by atoms with van der Waals surface area (Å²) in [6.45, 7) is 3.08. The van der Waals surface area contributed by atoms with Crippen molar-refractivity contribution in [3.8, 4) is 0 Å². The van der Waals surface area contributed by atoms with E-state index in [-0.39, 0.29) is 30.6 Å². The fraction of sp³-hybridized carbons (Fsp3) is 0.300. The minimum absolute atomic E-state index is 0.00993. The molecule has 0 saturated heterocycles. The van der Waals surface area contributed by atoms with Gasteiger partial charge in [0, 0.05) is 25.6 Å². The number of nitrogens with one attached hydrogen (secondary N) is 1. The number of halogens is 3. The highest BCUT2D eigenvalue weighted by atomic mass is 19.4. The van der Waals surface area contributed by atoms with Gasteiger partial charge in [0.05, 0.1) is 11.6 Å². The van der Waals surface area contributed by atoms with Crippen LogP contribution in [0.1, 0.15) is 37.4 Å². The summed E-state index contributed by atoms with van der Waals surface area (Å²) in [5.74, 6) is -0.720. The van der Waals surface area contributed by atoms with Crippen molar-refractivity contribution >= 4 is 17.5 Å². The summed E-state index contributed by atoms with van der Waals surface area (Å²) < 4.78 is 38.7. The van der Waals surface area contributed by atoms with Gasteiger partial charge in [-0.2, -0.15) is 13.2 Å². The molecule has 0 fully saturated rings. The van der Waals surface area contributed by atoms with E-state index in [4.69, 9.17) is 0 Å². The zero-order chi connectivity index (χ0) is 20.0. The van der Waals surface area contributed by atoms with Crippen LogP contribution in [0.3, 0.4) is 0 Å². The number of carbonyl (C=O) groups excluding carboxylic acids is 2. The molecule has 0 spiro atoms. The smallest absolute Gasteiger partial charge is 0.350 e. The summed E-state index contributed by atoms with van der Waals surface area (Å²) in [6.07, 6.45) is -4.52. The number of benzene rings is 2. The predicted octanol–water partition coefficient (Wildman–Crippen LogP) is 4.33. The molecule has 1 unspecified atom stereocenters. The maximum atomic E-state index is 12.9. The molecule has 0 radical (unpaired) electrons. The van der Waals surface area contributed by atoms with Gasteiger partial charge in [0.15, 0.2) is 0 Å². The molecule has 1 N–H and O–H groups in total. The lowest BCUT2D eigenvalue weighted by atomic mass is 10.1. The molecule has 27 heavy (non-hydrogen) atoms. The molecule has 0 aliphatic carbocycles. The minimum atomic E-state index is -4.50. The van der Waals surface area contributed by atoms with Crippen molar-refractivity contribution in [2.45, 2.75) is 32.5 Å². The summed E-state index contributed by atoms with van der Waals surface area (Å²) in [4.78, 5) is 25.2. The number of rotatable bonds is 6. The Balaban J connectivity index is 2.03. The second-order valence-corrected chi connectivity index (χ2v) is 6.17. The molecule has 7 heteroatoms. The summed E-state index contributed by atoms with van der Waals surface area (Å²) in [5, 5.41) is 2.82. The maximum absolute atomic E-state index is 12.9. The Labute approximate surface area is 156 Å². The molecule has 2 amide bonds. The van der Waals surface area contributed by atoms with E-state index >= 15 is 0 Å². The molecule has 0 aliphatic rings. The average molecular weight is 378 g/mol. The number of alkyl halides is 3. The molecule has 0 aromatic heterocycles. The molecule has 0 aliphatic heterocycles. The van der Waals surface area contributed by atoms with E-state index in [9.17, 15) is 22.8 Å². The lowest BCUT2D eigenvalue weighted by Gasteiger charge is -2.22. The Morgan fingerprint density at radius 2 is 1.74 bits per heavy atom. The van der Waals surface area contributed by atoms with Crippen molar-refractivity contribution in [3.63, 3.8) is 0 Å². The van der Waals surface area contributed by atoms with E-state index in [0.29, 0.717) is 0 Å². The van der Waals surface area contributed by atoms with Gasteiger partial charge in [-0.05, 0) is 30.7 Å². The van der Waals surface area contributed by atoms with Gasteiger partial charge in [-0.15, -0.1) is 0 Å². The van der Waals surface area contributed by atoms with Gasteiger partial charge in [-0.1, -0.05) is 36.4 Å². The first-order valence-corrected chi connectivity index (χ1v) is 8.48. The van der Waals surface area contributed by atoms with E-state index in [1.54, 1.807) is 0 Å². The second kappa shape index (κ2) is 8.70. The van der Waals surface area contributed by atoms with Crippen LogP contribution in [-0.4, -0.2) is 18.4 Å². The number of hydrogen-bond acceptors (Lipinski definition) is 2. The van der Waals surface area contributed by atoms with Crippen LogP contribution in [0.25, 0.3) is 0 Å². The quantitative estimate of drug-likeness (QED) is 0.814. The van der Waals surface area contributed by atoms with Crippen LogP contribution in [0.2, 0.25) is 0 Å². The van der Waals surface area contributed by atoms with Gasteiger partial charge >= 0.3 is 6.18 Å². The topological polar surface area (TPSA) is 49.4 Å². The number of anilines is 1. The highest BCUT2D eigenvalue weighted by Crippen LogP contribution is 2.31. The second-order valence-electron chi connectivity index (χ2n) is 6.17. The maximum Gasteiger partial charge on any atom is 0.416 e. The number of hydrogen-bond donors (Lipinski definition) is 1. The monoisotopic (exact) mass is 378 g/mol. The van der Waals surface area contributed by atoms with Crippen LogP contribution in [-0.2, 0) is 15.8 Å². The van der Waals surface area contributed by atoms with Gasteiger partial charge in [-0.3, -0.25) is 9.59 Å². The van der Waals surface area contributed by atoms with Crippen molar-refractivity contribution < 1.29 is 22.8 Å². The Hall–Kier alpha value is -2.83. The van der Waals surface area contributed by atoms with Gasteiger partial charge in [0.1, 0.15) is 0 Å². The van der Waals surface area contributed by atoms with Gasteiger partial charge in [0.25, 0.3) is 0 Å². The number of carbonyl (C=O) groups is 2. The Bertz CT molecular complexity index is 791. The summed E-state index contributed by atoms with van der Waals surface area (Å²) in [7, 11) is 0. The number of amides is 2. The van der Waals surface area contributed by atoms with Crippen molar-refractivity contribution in [1.29, 1.82) is 0 Å². The van der Waals surface area contributed by atoms with Crippen molar-refractivity contribution in [2.75, 3.05) is 11.4 Å². The van der Waals surface area contributed by atoms with E-state index in [1.165, 1.54) is 24.0 Å². The van der Waals surface area contributed by atoms with Crippen molar-refractivity contribution in [2.24, 2.45) is 0 Å². The number of nitrogens with zero attached hydrogens (tertiary/aromatic N) is 1. The van der Waals surface area contributed by atoms with E-state index in [0.717, 1.165) is 17.7 Å². The lowest BCUT2D eigenvalue weighted by Crippen LogP contribution is -2.34. The third-order valence-corrected chi connectivity index (χ3v) is 4.10. The molecule has 0 saturated carbocycles. The Kier molecular flexibility index (Phi) is 6.60. The van der Waals surface area contributed by atoms with Gasteiger partial charge in [-0.25, -0.2) is 0 Å². The van der Waals surface area contributed by atoms with Gasteiger partial charge in [0.2, 0.25) is 11.8 Å². The Morgan fingerprint density at radius 3 is 2.33 bits per heavy atom. The first-order valence-electron chi connectivity index (χ1n) is 8.48. The summed E-state index contributed by atoms with van der Waals surface area (Å²) in [5.41, 5.74) is 0.210. The highest BCUT2D eigenvalue weighted by molar-refractivity contribution is 5.92. The fourth-order valence-electron chi connectivity index (χ4n) is 2.67. The third kappa shape index (κ3) is 5.84. The van der Waals surface area contributed by atoms with Gasteiger partial charge < -0.3 is 10.2 Å². The van der Waals surface area contributed by atoms with E-state index in [1.807, 2.05) is 37.3 Å². The third-order valence-electron chi connectivity index (χ3n) is 4.10. The van der Waals surface area contributed by atoms with Crippen LogP contribution >= 0.6 is 0 Å². The molecule has 0 bridgehead atoms. The van der Waals surface area contributed by atoms with Crippen molar-refractivity contribution in [1.82, 2.24) is 5.32 Å². The largest absolute Gasteiger partial charge is 0.416 e. The van der Waals surface area contributed by atoms with Crippen LogP contribution in [0.4, 0.5) is 18.9 Å². The predicted molar refractivity (Wildman–Crippen MR) is 97.1 cm³/mol. The highest BCUT2D eigenvalue weighted by Gasteiger charge is 2.31. The first-order chi connectivity index (χ1) is 12.7. The van der Waals surface area contributed by atoms with Crippen LogP contribution in [0, 0.1) is 0 Å². The molecule has 2 rings (SSSR count). The molecule has 2 aromatic rings. The molecular formula is C20H21F3N2O2. The molecule has 1 atom stereocenters. The molecule has 0 heterocycles. The first kappa shape index (κ1) is 20.5. The minimum Gasteiger partial charge on any atom is -0.350 e. The molecule has 2 aromatic carbocycles. The standard InChI is InChI=1S/C20H21F3N2O2/c1-14(16-7-4-3-5-8-16)24-19(27)11-12-25(15(2)26)18-10-6-9-17(13-18)20(21,22)23/h3-10,13-14H,11-12H2,1-2H3,(H,24,27). The Morgan fingerprint density at radius 1 is 1.07 bits per heavy atom. The fourth-order valence-corrected chi connectivity index (χ4v) is 2.67. The summed E-state index contributed by atoms with van der Waals surface area (Å²) >= 11 is 0. The van der Waals surface area contributed by atoms with E-state index in [2.05, 4.69) is 5.32 Å².